The number of aromatic amines is 1. The summed E-state index contributed by atoms with van der Waals surface area (Å²) >= 11 is 5.69. The van der Waals surface area contributed by atoms with Gasteiger partial charge in [-0.3, -0.25) is 0 Å². The molecule has 1 heterocycles. The summed E-state index contributed by atoms with van der Waals surface area (Å²) in [7, 11) is 3.26. The van der Waals surface area contributed by atoms with Crippen molar-refractivity contribution in [3.8, 4) is 22.8 Å². The fourth-order valence-corrected chi connectivity index (χ4v) is 1.92. The molecule has 0 saturated heterocycles. The van der Waals surface area contributed by atoms with Crippen LogP contribution in [0.25, 0.3) is 11.3 Å². The van der Waals surface area contributed by atoms with Crippen LogP contribution in [-0.2, 0) is 6.42 Å². The molecular weight excluding hydrogens is 252 g/mol. The number of rotatable bonds is 5. The second-order valence-electron chi connectivity index (χ2n) is 3.75. The molecule has 18 heavy (non-hydrogen) atoms. The second kappa shape index (κ2) is 5.78. The van der Waals surface area contributed by atoms with Gasteiger partial charge in [0.25, 0.3) is 0 Å². The van der Waals surface area contributed by atoms with Crippen LogP contribution in [0.15, 0.2) is 24.4 Å². The van der Waals surface area contributed by atoms with E-state index < -0.39 is 0 Å². The Kier molecular flexibility index (Phi) is 4.10. The van der Waals surface area contributed by atoms with Crippen LogP contribution in [0.1, 0.15) is 5.82 Å². The Morgan fingerprint density at radius 2 is 2.11 bits per heavy atom. The van der Waals surface area contributed by atoms with Gasteiger partial charge in [0.15, 0.2) is 0 Å². The number of benzene rings is 1. The van der Waals surface area contributed by atoms with Gasteiger partial charge in [0.1, 0.15) is 17.3 Å². The molecule has 1 N–H and O–H groups in total. The minimum atomic E-state index is 0.548. The van der Waals surface area contributed by atoms with Crippen LogP contribution in [-0.4, -0.2) is 30.1 Å². The lowest BCUT2D eigenvalue weighted by molar-refractivity contribution is 0.395. The molecular formula is C13H15ClN2O2. The third kappa shape index (κ3) is 2.59. The maximum atomic E-state index is 5.69. The third-order valence-corrected chi connectivity index (χ3v) is 2.85. The van der Waals surface area contributed by atoms with E-state index in [1.807, 2.05) is 18.2 Å². The van der Waals surface area contributed by atoms with Gasteiger partial charge in [-0.15, -0.1) is 11.6 Å². The van der Waals surface area contributed by atoms with E-state index in [0.717, 1.165) is 35.0 Å². The largest absolute Gasteiger partial charge is 0.497 e. The van der Waals surface area contributed by atoms with Crippen molar-refractivity contribution >= 4 is 11.6 Å². The molecule has 0 atom stereocenters. The van der Waals surface area contributed by atoms with Gasteiger partial charge in [-0.25, -0.2) is 4.98 Å². The van der Waals surface area contributed by atoms with Crippen molar-refractivity contribution in [2.75, 3.05) is 20.1 Å². The highest BCUT2D eigenvalue weighted by atomic mass is 35.5. The summed E-state index contributed by atoms with van der Waals surface area (Å²) in [6.45, 7) is 0. The van der Waals surface area contributed by atoms with E-state index in [4.69, 9.17) is 21.1 Å². The topological polar surface area (TPSA) is 47.1 Å². The molecule has 0 radical (unpaired) electrons. The Balaban J connectivity index is 2.36. The summed E-state index contributed by atoms with van der Waals surface area (Å²) in [5.74, 6) is 2.93. The van der Waals surface area contributed by atoms with E-state index >= 15 is 0 Å². The summed E-state index contributed by atoms with van der Waals surface area (Å²) in [5.41, 5.74) is 1.86. The lowest BCUT2D eigenvalue weighted by Crippen LogP contribution is -1.91. The van der Waals surface area contributed by atoms with Crippen molar-refractivity contribution in [3.63, 3.8) is 0 Å². The predicted molar refractivity (Wildman–Crippen MR) is 71.6 cm³/mol. The zero-order valence-corrected chi connectivity index (χ0v) is 11.1. The second-order valence-corrected chi connectivity index (χ2v) is 4.13. The van der Waals surface area contributed by atoms with Gasteiger partial charge in [0.05, 0.1) is 26.1 Å². The lowest BCUT2D eigenvalue weighted by Gasteiger charge is -2.08. The van der Waals surface area contributed by atoms with Gasteiger partial charge >= 0.3 is 0 Å². The molecule has 0 spiro atoms. The van der Waals surface area contributed by atoms with Crippen LogP contribution in [0.2, 0.25) is 0 Å². The predicted octanol–water partition coefficient (Wildman–Crippen LogP) is 2.88. The monoisotopic (exact) mass is 266 g/mol. The minimum absolute atomic E-state index is 0.548. The first-order chi connectivity index (χ1) is 8.78. The Hall–Kier alpha value is -1.68. The number of nitrogens with one attached hydrogen (secondary N) is 1. The number of alkyl halides is 1. The zero-order valence-electron chi connectivity index (χ0n) is 10.4. The lowest BCUT2D eigenvalue weighted by atomic mass is 10.1. The Morgan fingerprint density at radius 3 is 2.78 bits per heavy atom. The highest BCUT2D eigenvalue weighted by Crippen LogP contribution is 2.32. The van der Waals surface area contributed by atoms with E-state index in [0.29, 0.717) is 5.88 Å². The van der Waals surface area contributed by atoms with Gasteiger partial charge in [0.2, 0.25) is 0 Å². The molecule has 0 amide bonds. The number of nitrogens with zero attached hydrogens (tertiary/aromatic N) is 1. The molecule has 2 aromatic rings. The normalized spacial score (nSPS) is 10.4. The maximum Gasteiger partial charge on any atom is 0.131 e. The summed E-state index contributed by atoms with van der Waals surface area (Å²) in [5, 5.41) is 0. The van der Waals surface area contributed by atoms with Crippen LogP contribution in [0.3, 0.4) is 0 Å². The van der Waals surface area contributed by atoms with Gasteiger partial charge in [-0.1, -0.05) is 0 Å². The zero-order chi connectivity index (χ0) is 13.0. The number of aromatic nitrogens is 2. The number of ether oxygens (including phenoxy) is 2. The van der Waals surface area contributed by atoms with Crippen LogP contribution >= 0.6 is 11.6 Å². The summed E-state index contributed by atoms with van der Waals surface area (Å²) < 4.78 is 10.5. The third-order valence-electron chi connectivity index (χ3n) is 2.66. The van der Waals surface area contributed by atoms with Crippen molar-refractivity contribution in [3.05, 3.63) is 30.2 Å². The quantitative estimate of drug-likeness (QED) is 0.847. The van der Waals surface area contributed by atoms with E-state index in [1.165, 1.54) is 0 Å². The molecule has 0 unspecified atom stereocenters. The Bertz CT molecular complexity index is 525. The van der Waals surface area contributed by atoms with Crippen LogP contribution in [0, 0.1) is 0 Å². The number of imidazole rings is 1. The fraction of sp³-hybridized carbons (Fsp3) is 0.308. The van der Waals surface area contributed by atoms with Crippen molar-refractivity contribution in [2.24, 2.45) is 0 Å². The molecule has 1 aromatic heterocycles. The number of methoxy groups -OCH3 is 2. The van der Waals surface area contributed by atoms with Crippen LogP contribution in [0.4, 0.5) is 0 Å². The molecule has 4 nitrogen and oxygen atoms in total. The van der Waals surface area contributed by atoms with Gasteiger partial charge < -0.3 is 14.5 Å². The number of aryl methyl sites for hydroxylation is 1. The molecule has 1 aromatic carbocycles. The molecule has 0 aliphatic carbocycles. The molecule has 96 valence electrons. The Labute approximate surface area is 111 Å². The average Bonchev–Trinajstić information content (AvgIpc) is 2.87. The molecule has 0 aliphatic heterocycles. The van der Waals surface area contributed by atoms with Crippen molar-refractivity contribution in [2.45, 2.75) is 6.42 Å². The fourth-order valence-electron chi connectivity index (χ4n) is 1.74. The molecule has 2 rings (SSSR count). The summed E-state index contributed by atoms with van der Waals surface area (Å²) in [6, 6.07) is 5.67. The van der Waals surface area contributed by atoms with Gasteiger partial charge in [-0.05, 0) is 12.1 Å². The van der Waals surface area contributed by atoms with Crippen molar-refractivity contribution in [1.82, 2.24) is 9.97 Å². The molecule has 0 saturated carbocycles. The molecule has 5 heteroatoms. The molecule has 0 bridgehead atoms. The van der Waals surface area contributed by atoms with Gasteiger partial charge in [-0.2, -0.15) is 0 Å². The van der Waals surface area contributed by atoms with Crippen LogP contribution < -0.4 is 9.47 Å². The first kappa shape index (κ1) is 12.8. The van der Waals surface area contributed by atoms with E-state index in [1.54, 1.807) is 20.4 Å². The minimum Gasteiger partial charge on any atom is -0.497 e. The number of hydrogen-bond donors (Lipinski definition) is 1. The van der Waals surface area contributed by atoms with E-state index in [2.05, 4.69) is 9.97 Å². The van der Waals surface area contributed by atoms with Crippen molar-refractivity contribution < 1.29 is 9.47 Å². The first-order valence-electron chi connectivity index (χ1n) is 5.60. The number of halogens is 1. The standard InChI is InChI=1S/C13H15ClN2O2/c1-17-9-3-4-10(12(7-9)18-2)11-8-15-13(16-11)5-6-14/h3-4,7-8H,5-6H2,1-2H3,(H,15,16). The maximum absolute atomic E-state index is 5.69. The SMILES string of the molecule is COc1ccc(-c2cnc(CCCl)[nH]2)c(OC)c1. The van der Waals surface area contributed by atoms with E-state index in [-0.39, 0.29) is 0 Å². The Morgan fingerprint density at radius 1 is 1.28 bits per heavy atom. The van der Waals surface area contributed by atoms with Crippen LogP contribution in [0.5, 0.6) is 11.5 Å². The summed E-state index contributed by atoms with van der Waals surface area (Å²) in [6.07, 6.45) is 2.51. The summed E-state index contributed by atoms with van der Waals surface area (Å²) in [4.78, 5) is 7.50. The smallest absolute Gasteiger partial charge is 0.131 e. The van der Waals surface area contributed by atoms with Gasteiger partial charge in [0, 0.05) is 23.9 Å². The highest BCUT2D eigenvalue weighted by molar-refractivity contribution is 6.17. The average molecular weight is 267 g/mol. The molecule has 0 fully saturated rings. The van der Waals surface area contributed by atoms with E-state index in [9.17, 15) is 0 Å². The first-order valence-corrected chi connectivity index (χ1v) is 6.14. The number of hydrogen-bond acceptors (Lipinski definition) is 3. The molecule has 0 aliphatic rings. The van der Waals surface area contributed by atoms with Crippen molar-refractivity contribution in [1.29, 1.82) is 0 Å². The number of H-pyrrole nitrogens is 1. The highest BCUT2D eigenvalue weighted by Gasteiger charge is 2.10.